The maximum Gasteiger partial charge on any atom is 0.306 e. The molecule has 3 rings (SSSR count). The summed E-state index contributed by atoms with van der Waals surface area (Å²) in [5.74, 6) is -1.70. The third-order valence-corrected chi connectivity index (χ3v) is 6.15. The third-order valence-electron chi connectivity index (χ3n) is 4.82. The maximum absolute atomic E-state index is 12.8. The zero-order valence-electron chi connectivity index (χ0n) is 14.8. The monoisotopic (exact) mass is 404 g/mol. The summed E-state index contributed by atoms with van der Waals surface area (Å²) in [5, 5.41) is 9.08. The lowest BCUT2D eigenvalue weighted by atomic mass is 9.96. The molecule has 0 aliphatic carbocycles. The molecule has 0 saturated carbocycles. The molecule has 1 aromatic carbocycles. The number of carboxylic acid groups (broad SMARTS) is 1. The Kier molecular flexibility index (Phi) is 5.96. The zero-order valence-corrected chi connectivity index (χ0v) is 16.5. The van der Waals surface area contributed by atoms with Gasteiger partial charge in [-0.25, -0.2) is 0 Å². The number of thiocarbonyl (C=S) groups is 1. The normalized spacial score (nSPS) is 21.0. The highest BCUT2D eigenvalue weighted by Crippen LogP contribution is 2.34. The van der Waals surface area contributed by atoms with E-state index < -0.39 is 17.9 Å². The molecule has 0 spiro atoms. The van der Waals surface area contributed by atoms with Gasteiger partial charge < -0.3 is 10.0 Å². The second-order valence-corrected chi connectivity index (χ2v) is 8.25. The van der Waals surface area contributed by atoms with Crippen molar-refractivity contribution < 1.29 is 19.5 Å². The van der Waals surface area contributed by atoms with Crippen LogP contribution in [0.5, 0.6) is 0 Å². The highest BCUT2D eigenvalue weighted by molar-refractivity contribution is 8.26. The highest BCUT2D eigenvalue weighted by Gasteiger charge is 2.40. The van der Waals surface area contributed by atoms with E-state index in [1.54, 1.807) is 17.9 Å². The lowest BCUT2D eigenvalue weighted by Crippen LogP contribution is -2.51. The molecule has 0 aromatic heterocycles. The van der Waals surface area contributed by atoms with Gasteiger partial charge in [0.1, 0.15) is 10.4 Å². The van der Waals surface area contributed by atoms with Crippen molar-refractivity contribution in [3.05, 3.63) is 40.8 Å². The van der Waals surface area contributed by atoms with E-state index >= 15 is 0 Å². The first-order valence-electron chi connectivity index (χ1n) is 8.72. The van der Waals surface area contributed by atoms with Crippen LogP contribution in [0.15, 0.2) is 35.2 Å². The van der Waals surface area contributed by atoms with E-state index in [1.165, 1.54) is 16.7 Å². The first-order valence-corrected chi connectivity index (χ1v) is 9.94. The number of benzene rings is 1. The summed E-state index contributed by atoms with van der Waals surface area (Å²) in [6, 6.07) is 8.76. The van der Waals surface area contributed by atoms with Crippen LogP contribution in [-0.4, -0.2) is 56.1 Å². The summed E-state index contributed by atoms with van der Waals surface area (Å²) in [5.41, 5.74) is 0.896. The Morgan fingerprint density at radius 3 is 2.48 bits per heavy atom. The predicted octanol–water partition coefficient (Wildman–Crippen LogP) is 2.60. The van der Waals surface area contributed by atoms with Crippen molar-refractivity contribution in [2.75, 3.05) is 13.1 Å². The fourth-order valence-corrected chi connectivity index (χ4v) is 4.65. The smallest absolute Gasteiger partial charge is 0.306 e. The number of thioether (sulfide) groups is 1. The maximum atomic E-state index is 12.8. The van der Waals surface area contributed by atoms with Crippen molar-refractivity contribution in [2.24, 2.45) is 5.92 Å². The number of carboxylic acids is 1. The molecule has 2 fully saturated rings. The third kappa shape index (κ3) is 4.22. The molecule has 2 aliphatic heterocycles. The minimum atomic E-state index is -0.821. The Morgan fingerprint density at radius 1 is 1.26 bits per heavy atom. The topological polar surface area (TPSA) is 77.9 Å². The molecule has 6 nitrogen and oxygen atoms in total. The van der Waals surface area contributed by atoms with E-state index in [0.29, 0.717) is 35.2 Å². The van der Waals surface area contributed by atoms with Crippen LogP contribution >= 0.6 is 24.0 Å². The van der Waals surface area contributed by atoms with Gasteiger partial charge in [0.25, 0.3) is 5.91 Å². The Bertz CT molecular complexity index is 801. The molecule has 2 heterocycles. The first-order chi connectivity index (χ1) is 12.9. The number of rotatable bonds is 4. The van der Waals surface area contributed by atoms with E-state index in [1.807, 2.05) is 30.3 Å². The van der Waals surface area contributed by atoms with E-state index in [0.717, 1.165) is 5.56 Å². The van der Waals surface area contributed by atoms with Crippen LogP contribution in [0.1, 0.15) is 25.3 Å². The van der Waals surface area contributed by atoms with Crippen molar-refractivity contribution in [2.45, 2.75) is 25.8 Å². The summed E-state index contributed by atoms with van der Waals surface area (Å²) >= 11 is 6.53. The van der Waals surface area contributed by atoms with E-state index in [9.17, 15) is 14.4 Å². The molecular weight excluding hydrogens is 384 g/mol. The van der Waals surface area contributed by atoms with Gasteiger partial charge >= 0.3 is 5.97 Å². The Labute approximate surface area is 167 Å². The molecule has 1 aromatic rings. The second-order valence-electron chi connectivity index (χ2n) is 6.58. The molecule has 1 atom stereocenters. The van der Waals surface area contributed by atoms with Gasteiger partial charge in [-0.05, 0) is 31.4 Å². The number of hydrogen-bond donors (Lipinski definition) is 1. The van der Waals surface area contributed by atoms with Crippen LogP contribution in [0.25, 0.3) is 6.08 Å². The summed E-state index contributed by atoms with van der Waals surface area (Å²) in [6.45, 7) is 2.44. The Morgan fingerprint density at radius 2 is 1.89 bits per heavy atom. The van der Waals surface area contributed by atoms with E-state index in [-0.39, 0.29) is 11.8 Å². The minimum Gasteiger partial charge on any atom is -0.481 e. The SMILES string of the molecule is C[C@@H](C(=O)N1CCC(C(=O)O)CC1)N1C(=O)/C(=C\c2ccccc2)SC1=S. The fourth-order valence-electron chi connectivity index (χ4n) is 3.24. The second kappa shape index (κ2) is 8.22. The molecular formula is C19H20N2O4S2. The fraction of sp³-hybridized carbons (Fsp3) is 0.368. The molecule has 1 N–H and O–H groups in total. The van der Waals surface area contributed by atoms with Gasteiger partial charge in [-0.1, -0.05) is 54.3 Å². The largest absolute Gasteiger partial charge is 0.481 e. The quantitative estimate of drug-likeness (QED) is 0.614. The lowest BCUT2D eigenvalue weighted by molar-refractivity contribution is -0.147. The standard InChI is InChI=1S/C19H20N2O4S2/c1-12(16(22)20-9-7-14(8-10-20)18(24)25)21-17(23)15(27-19(21)26)11-13-5-3-2-4-6-13/h2-6,11-12,14H,7-10H2,1H3,(H,24,25)/b15-11+/t12-/m0/s1. The van der Waals surface area contributed by atoms with Gasteiger partial charge in [-0.3, -0.25) is 19.3 Å². The summed E-state index contributed by atoms with van der Waals surface area (Å²) in [7, 11) is 0. The molecule has 142 valence electrons. The number of hydrogen-bond acceptors (Lipinski definition) is 5. The van der Waals surface area contributed by atoms with Gasteiger partial charge in [0.15, 0.2) is 0 Å². The van der Waals surface area contributed by atoms with Gasteiger partial charge in [-0.2, -0.15) is 0 Å². The average molecular weight is 405 g/mol. The molecule has 27 heavy (non-hydrogen) atoms. The van der Waals surface area contributed by atoms with Crippen LogP contribution in [0, 0.1) is 5.92 Å². The van der Waals surface area contributed by atoms with Crippen LogP contribution < -0.4 is 0 Å². The van der Waals surface area contributed by atoms with Crippen molar-refractivity contribution >= 4 is 52.2 Å². The van der Waals surface area contributed by atoms with Gasteiger partial charge in [-0.15, -0.1) is 0 Å². The number of piperidine rings is 1. The summed E-state index contributed by atoms with van der Waals surface area (Å²) in [4.78, 5) is 40.2. The van der Waals surface area contributed by atoms with Crippen molar-refractivity contribution in [3.8, 4) is 0 Å². The molecule has 8 heteroatoms. The Hall–Kier alpha value is -2.19. The molecule has 0 bridgehead atoms. The van der Waals surface area contributed by atoms with E-state index in [2.05, 4.69) is 0 Å². The van der Waals surface area contributed by atoms with E-state index in [4.69, 9.17) is 17.3 Å². The zero-order chi connectivity index (χ0) is 19.6. The average Bonchev–Trinajstić information content (AvgIpc) is 2.94. The molecule has 2 amide bonds. The number of aliphatic carboxylic acids is 1. The number of amides is 2. The molecule has 2 aliphatic rings. The summed E-state index contributed by atoms with van der Waals surface area (Å²) in [6.07, 6.45) is 2.63. The van der Waals surface area contributed by atoms with Crippen molar-refractivity contribution in [1.82, 2.24) is 9.80 Å². The van der Waals surface area contributed by atoms with Gasteiger partial charge in [0.2, 0.25) is 5.91 Å². The van der Waals surface area contributed by atoms with Crippen molar-refractivity contribution in [1.29, 1.82) is 0 Å². The number of nitrogens with zero attached hydrogens (tertiary/aromatic N) is 2. The van der Waals surface area contributed by atoms with Gasteiger partial charge in [0, 0.05) is 13.1 Å². The first kappa shape index (κ1) is 19.6. The van der Waals surface area contributed by atoms with Crippen LogP contribution in [0.3, 0.4) is 0 Å². The number of likely N-dealkylation sites (tertiary alicyclic amines) is 1. The van der Waals surface area contributed by atoms with Crippen LogP contribution in [0.4, 0.5) is 0 Å². The number of carbonyl (C=O) groups excluding carboxylic acids is 2. The number of carbonyl (C=O) groups is 3. The Balaban J connectivity index is 1.69. The van der Waals surface area contributed by atoms with Crippen molar-refractivity contribution in [3.63, 3.8) is 0 Å². The molecule has 0 radical (unpaired) electrons. The minimum absolute atomic E-state index is 0.198. The molecule has 2 saturated heterocycles. The van der Waals surface area contributed by atoms with Crippen LogP contribution in [-0.2, 0) is 14.4 Å². The predicted molar refractivity (Wildman–Crippen MR) is 108 cm³/mol. The molecule has 0 unspecified atom stereocenters. The lowest BCUT2D eigenvalue weighted by Gasteiger charge is -2.34. The summed E-state index contributed by atoms with van der Waals surface area (Å²) < 4.78 is 0.364. The van der Waals surface area contributed by atoms with Gasteiger partial charge in [0.05, 0.1) is 10.8 Å². The van der Waals surface area contributed by atoms with Crippen LogP contribution in [0.2, 0.25) is 0 Å². The highest BCUT2D eigenvalue weighted by atomic mass is 32.2.